The van der Waals surface area contributed by atoms with Crippen molar-refractivity contribution in [3.8, 4) is 5.75 Å². The maximum atomic E-state index is 5.91. The van der Waals surface area contributed by atoms with Crippen LogP contribution in [0.25, 0.3) is 0 Å². The van der Waals surface area contributed by atoms with Crippen LogP contribution in [0.3, 0.4) is 0 Å². The first-order valence-corrected chi connectivity index (χ1v) is 10.8. The van der Waals surface area contributed by atoms with Gasteiger partial charge in [-0.25, -0.2) is 0 Å². The molecule has 0 amide bonds. The van der Waals surface area contributed by atoms with E-state index >= 15 is 0 Å². The number of aryl methyl sites for hydroxylation is 1. The molecule has 2 aromatic rings. The van der Waals surface area contributed by atoms with Crippen molar-refractivity contribution in [2.75, 3.05) is 13.9 Å². The molecule has 0 saturated heterocycles. The zero-order valence-electron chi connectivity index (χ0n) is 18.3. The predicted octanol–water partition coefficient (Wildman–Crippen LogP) is 5.82. The van der Waals surface area contributed by atoms with Crippen molar-refractivity contribution in [3.63, 3.8) is 0 Å². The van der Waals surface area contributed by atoms with Gasteiger partial charge in [0.25, 0.3) is 0 Å². The van der Waals surface area contributed by atoms with Gasteiger partial charge in [0.1, 0.15) is 5.75 Å². The summed E-state index contributed by atoms with van der Waals surface area (Å²) in [6.45, 7) is 13.3. The third-order valence-electron chi connectivity index (χ3n) is 4.73. The molecule has 2 atom stereocenters. The van der Waals surface area contributed by atoms with Crippen LogP contribution in [-0.2, 0) is 9.89 Å². The van der Waals surface area contributed by atoms with E-state index in [1.165, 1.54) is 22.0 Å². The molecule has 2 unspecified atom stereocenters. The molecule has 0 N–H and O–H groups in total. The van der Waals surface area contributed by atoms with Gasteiger partial charge in [0.2, 0.25) is 0 Å². The maximum absolute atomic E-state index is 5.91. The molecule has 0 spiro atoms. The Kier molecular flexibility index (Phi) is 7.80. The highest BCUT2D eigenvalue weighted by molar-refractivity contribution is 7.48. The number of benzene rings is 2. The first kappa shape index (κ1) is 22.6. The topological polar surface area (TPSA) is 30.8 Å². The molecule has 0 aliphatic carbocycles. The van der Waals surface area contributed by atoms with E-state index < -0.39 is 0 Å². The Morgan fingerprint density at radius 3 is 2.43 bits per heavy atom. The van der Waals surface area contributed by atoms with Gasteiger partial charge in [-0.2, -0.15) is 0 Å². The smallest absolute Gasteiger partial charge is 0.188 e. The third-order valence-corrected chi connectivity index (χ3v) is 6.63. The van der Waals surface area contributed by atoms with Gasteiger partial charge < -0.3 is 9.47 Å². The lowest BCUT2D eigenvalue weighted by Crippen LogP contribution is -2.22. The summed E-state index contributed by atoms with van der Waals surface area (Å²) < 4.78 is 11.0. The van der Waals surface area contributed by atoms with Crippen molar-refractivity contribution in [1.82, 2.24) is 0 Å². The quantitative estimate of drug-likeness (QED) is 0.318. The van der Waals surface area contributed by atoms with Crippen molar-refractivity contribution < 1.29 is 9.47 Å². The first-order chi connectivity index (χ1) is 13.2. The summed E-state index contributed by atoms with van der Waals surface area (Å²) in [5, 5.41) is 1.31. The average molecular weight is 400 g/mol. The van der Waals surface area contributed by atoms with Gasteiger partial charge in [0, 0.05) is 24.0 Å². The van der Waals surface area contributed by atoms with Gasteiger partial charge in [-0.3, -0.25) is 4.99 Å². The molecule has 0 fully saturated rings. The highest BCUT2D eigenvalue weighted by atomic mass is 31.1. The Hall–Kier alpha value is -1.70. The van der Waals surface area contributed by atoms with Crippen LogP contribution in [-0.4, -0.2) is 25.7 Å². The first-order valence-electron chi connectivity index (χ1n) is 9.84. The zero-order valence-corrected chi connectivity index (χ0v) is 19.3. The molecule has 0 aliphatic rings. The van der Waals surface area contributed by atoms with E-state index in [4.69, 9.17) is 14.5 Å². The second-order valence-corrected chi connectivity index (χ2v) is 10.3. The average Bonchev–Trinajstić information content (AvgIpc) is 2.65. The molecule has 0 aromatic heterocycles. The summed E-state index contributed by atoms with van der Waals surface area (Å²) in [7, 11) is 2.26. The Morgan fingerprint density at radius 1 is 1.07 bits per heavy atom. The van der Waals surface area contributed by atoms with Crippen molar-refractivity contribution in [3.05, 3.63) is 59.2 Å². The maximum Gasteiger partial charge on any atom is 0.188 e. The fourth-order valence-electron chi connectivity index (χ4n) is 2.95. The number of hydrogen-bond donors (Lipinski definition) is 0. The molecule has 0 bridgehead atoms. The number of nitrogens with zero attached hydrogens (tertiary/aromatic N) is 1. The summed E-state index contributed by atoms with van der Waals surface area (Å²) in [5.74, 6) is 0.908. The molecule has 0 aliphatic heterocycles. The van der Waals surface area contributed by atoms with Crippen LogP contribution in [0.5, 0.6) is 5.75 Å². The molecule has 2 aromatic carbocycles. The molecule has 28 heavy (non-hydrogen) atoms. The Balaban J connectivity index is 2.44. The highest BCUT2D eigenvalue weighted by Gasteiger charge is 2.29. The fourth-order valence-corrected chi connectivity index (χ4v) is 4.53. The Bertz CT molecular complexity index is 810. The van der Waals surface area contributed by atoms with Crippen LogP contribution in [0.2, 0.25) is 0 Å². The Morgan fingerprint density at radius 2 is 1.79 bits per heavy atom. The van der Waals surface area contributed by atoms with Crippen LogP contribution in [0.15, 0.2) is 47.5 Å². The van der Waals surface area contributed by atoms with Crippen molar-refractivity contribution in [1.29, 1.82) is 0 Å². The lowest BCUT2D eigenvalue weighted by Gasteiger charge is -2.32. The number of hydrogen-bond acceptors (Lipinski definition) is 3. The number of rotatable bonds is 8. The lowest BCUT2D eigenvalue weighted by molar-refractivity contribution is 0.0500. The second kappa shape index (κ2) is 9.67. The van der Waals surface area contributed by atoms with Gasteiger partial charge in [0.15, 0.2) is 6.79 Å². The Labute approximate surface area is 172 Å². The van der Waals surface area contributed by atoms with Crippen LogP contribution < -0.4 is 10.0 Å². The summed E-state index contributed by atoms with van der Waals surface area (Å²) in [6, 6.07) is 15.0. The molecule has 0 heterocycles. The minimum atomic E-state index is -0.0814. The fraction of sp³-hybridized carbons (Fsp3) is 0.458. The second-order valence-electron chi connectivity index (χ2n) is 8.38. The minimum absolute atomic E-state index is 0.0270. The van der Waals surface area contributed by atoms with Crippen LogP contribution in [0, 0.1) is 6.92 Å². The van der Waals surface area contributed by atoms with E-state index in [2.05, 4.69) is 84.0 Å². The summed E-state index contributed by atoms with van der Waals surface area (Å²) in [4.78, 5) is 4.73. The molecule has 2 rings (SSSR count). The van der Waals surface area contributed by atoms with E-state index in [0.717, 1.165) is 12.2 Å². The zero-order chi connectivity index (χ0) is 20.8. The SMILES string of the molecule is CCC(C)(Pc1ccccc1/C=N/C(C)(C)C)c1cc(C)ccc1OCOC. The molecule has 0 radical (unpaired) electrons. The van der Waals surface area contributed by atoms with Crippen LogP contribution in [0.4, 0.5) is 0 Å². The standard InChI is InChI=1S/C24H34NO2P/c1-8-24(6,20-15-18(2)13-14-21(20)27-17-26-7)28-22-12-10-9-11-19(22)16-25-23(3,4)5/h9-16,28H,8,17H2,1-7H3/b25-16+. The molecule has 4 heteroatoms. The van der Waals surface area contributed by atoms with E-state index in [0.29, 0.717) is 8.58 Å². The van der Waals surface area contributed by atoms with E-state index in [-0.39, 0.29) is 17.5 Å². The van der Waals surface area contributed by atoms with E-state index in [1.807, 2.05) is 6.21 Å². The van der Waals surface area contributed by atoms with Crippen LogP contribution >= 0.6 is 8.58 Å². The number of aliphatic imine (C=N–C) groups is 1. The molecule has 0 saturated carbocycles. The van der Waals surface area contributed by atoms with Gasteiger partial charge in [-0.1, -0.05) is 64.4 Å². The van der Waals surface area contributed by atoms with Gasteiger partial charge in [0.05, 0.1) is 5.54 Å². The van der Waals surface area contributed by atoms with Gasteiger partial charge in [-0.15, -0.1) is 0 Å². The largest absolute Gasteiger partial charge is 0.467 e. The predicted molar refractivity (Wildman–Crippen MR) is 123 cm³/mol. The highest BCUT2D eigenvalue weighted by Crippen LogP contribution is 2.47. The molecule has 3 nitrogen and oxygen atoms in total. The van der Waals surface area contributed by atoms with E-state index in [1.54, 1.807) is 7.11 Å². The number of ether oxygens (including phenoxy) is 2. The van der Waals surface area contributed by atoms with Crippen molar-refractivity contribution in [2.45, 2.75) is 58.7 Å². The monoisotopic (exact) mass is 399 g/mol. The third kappa shape index (κ3) is 6.15. The van der Waals surface area contributed by atoms with E-state index in [9.17, 15) is 0 Å². The molecular formula is C24H34NO2P. The molecular weight excluding hydrogens is 365 g/mol. The summed E-state index contributed by atoms with van der Waals surface area (Å²) >= 11 is 0. The van der Waals surface area contributed by atoms with Crippen molar-refractivity contribution in [2.24, 2.45) is 4.99 Å². The molecule has 152 valence electrons. The minimum Gasteiger partial charge on any atom is -0.467 e. The lowest BCUT2D eigenvalue weighted by atomic mass is 9.95. The van der Waals surface area contributed by atoms with Crippen molar-refractivity contribution >= 4 is 20.1 Å². The number of methoxy groups -OCH3 is 1. The summed E-state index contributed by atoms with van der Waals surface area (Å²) in [6.07, 6.45) is 3.04. The normalized spacial score (nSPS) is 14.7. The summed E-state index contributed by atoms with van der Waals surface area (Å²) in [5.41, 5.74) is 3.60. The van der Waals surface area contributed by atoms with Gasteiger partial charge >= 0.3 is 0 Å². The van der Waals surface area contributed by atoms with Gasteiger partial charge in [-0.05, 0) is 51.1 Å². The van der Waals surface area contributed by atoms with Crippen LogP contribution in [0.1, 0.15) is 57.7 Å².